The van der Waals surface area contributed by atoms with Crippen LogP contribution < -0.4 is 0 Å². The lowest BCUT2D eigenvalue weighted by Gasteiger charge is -2.09. The molecule has 1 aliphatic rings. The zero-order valence-electron chi connectivity index (χ0n) is 11.4. The smallest absolute Gasteiger partial charge is 0.307 e. The molecule has 0 saturated carbocycles. The van der Waals surface area contributed by atoms with Crippen LogP contribution in [0.1, 0.15) is 28.9 Å². The predicted octanol–water partition coefficient (Wildman–Crippen LogP) is 2.57. The van der Waals surface area contributed by atoms with Gasteiger partial charge in [0.15, 0.2) is 0 Å². The van der Waals surface area contributed by atoms with Gasteiger partial charge in [0.25, 0.3) is 0 Å². The second kappa shape index (κ2) is 5.04. The number of carbonyl (C=O) groups is 1. The summed E-state index contributed by atoms with van der Waals surface area (Å²) in [5.74, 6) is -0.200. The van der Waals surface area contributed by atoms with Gasteiger partial charge in [0.2, 0.25) is 0 Å². The number of aromatic nitrogens is 2. The van der Waals surface area contributed by atoms with Gasteiger partial charge in [0.05, 0.1) is 12.1 Å². The minimum absolute atomic E-state index is 0.0489. The Labute approximate surface area is 117 Å². The number of carboxylic acid groups (broad SMARTS) is 1. The summed E-state index contributed by atoms with van der Waals surface area (Å²) in [4.78, 5) is 19.5. The lowest BCUT2D eigenvalue weighted by Crippen LogP contribution is -2.05. The lowest BCUT2D eigenvalue weighted by atomic mass is 10.0. The van der Waals surface area contributed by atoms with Crippen LogP contribution in [0.2, 0.25) is 0 Å². The van der Waals surface area contributed by atoms with Crippen LogP contribution >= 0.6 is 0 Å². The molecule has 4 nitrogen and oxygen atoms in total. The zero-order chi connectivity index (χ0) is 14.1. The second-order valence-corrected chi connectivity index (χ2v) is 5.20. The molecule has 1 aromatic carbocycles. The van der Waals surface area contributed by atoms with Gasteiger partial charge >= 0.3 is 5.97 Å². The molecule has 0 fully saturated rings. The Kier molecular flexibility index (Phi) is 3.22. The number of hydrogen-bond donors (Lipinski definition) is 1. The van der Waals surface area contributed by atoms with E-state index in [1.54, 1.807) is 6.20 Å². The molecule has 0 bridgehead atoms. The predicted molar refractivity (Wildman–Crippen MR) is 75.6 cm³/mol. The molecule has 0 radical (unpaired) electrons. The molecule has 102 valence electrons. The van der Waals surface area contributed by atoms with E-state index in [9.17, 15) is 4.79 Å². The zero-order valence-corrected chi connectivity index (χ0v) is 11.4. The van der Waals surface area contributed by atoms with E-state index in [1.165, 1.54) is 17.5 Å². The Hall–Kier alpha value is -2.23. The molecule has 0 atom stereocenters. The van der Waals surface area contributed by atoms with Crippen LogP contribution in [0.15, 0.2) is 24.4 Å². The normalized spacial score (nSPS) is 13.2. The fourth-order valence-electron chi connectivity index (χ4n) is 2.76. The van der Waals surface area contributed by atoms with Gasteiger partial charge in [0, 0.05) is 17.3 Å². The maximum atomic E-state index is 11.0. The highest BCUT2D eigenvalue weighted by Gasteiger charge is 2.15. The standard InChI is InChI=1S/C16H16N2O2/c1-10-17-9-14(8-15(19)20)16(18-10)13-6-5-11-3-2-4-12(11)7-13/h5-7,9H,2-4,8H2,1H3,(H,19,20). The van der Waals surface area contributed by atoms with Gasteiger partial charge in [-0.2, -0.15) is 0 Å². The highest BCUT2D eigenvalue weighted by molar-refractivity contribution is 5.75. The summed E-state index contributed by atoms with van der Waals surface area (Å²) in [7, 11) is 0. The first-order valence-electron chi connectivity index (χ1n) is 6.80. The number of aryl methyl sites for hydroxylation is 3. The molecule has 0 aliphatic heterocycles. The summed E-state index contributed by atoms with van der Waals surface area (Å²) in [6, 6.07) is 6.33. The largest absolute Gasteiger partial charge is 0.481 e. The van der Waals surface area contributed by atoms with Crippen LogP contribution in [0, 0.1) is 6.92 Å². The van der Waals surface area contributed by atoms with Crippen LogP contribution in [-0.2, 0) is 24.1 Å². The Morgan fingerprint density at radius 2 is 2.10 bits per heavy atom. The quantitative estimate of drug-likeness (QED) is 0.929. The third-order valence-corrected chi connectivity index (χ3v) is 3.70. The molecule has 0 unspecified atom stereocenters. The van der Waals surface area contributed by atoms with E-state index in [1.807, 2.05) is 13.0 Å². The van der Waals surface area contributed by atoms with E-state index in [0.29, 0.717) is 11.4 Å². The second-order valence-electron chi connectivity index (χ2n) is 5.20. The summed E-state index contributed by atoms with van der Waals surface area (Å²) in [6.45, 7) is 1.82. The van der Waals surface area contributed by atoms with E-state index >= 15 is 0 Å². The van der Waals surface area contributed by atoms with Crippen molar-refractivity contribution < 1.29 is 9.90 Å². The Morgan fingerprint density at radius 1 is 1.30 bits per heavy atom. The van der Waals surface area contributed by atoms with Crippen molar-refractivity contribution in [2.45, 2.75) is 32.6 Å². The van der Waals surface area contributed by atoms with Gasteiger partial charge in [-0.25, -0.2) is 9.97 Å². The number of rotatable bonds is 3. The van der Waals surface area contributed by atoms with E-state index in [4.69, 9.17) is 5.11 Å². The fraction of sp³-hybridized carbons (Fsp3) is 0.312. The number of carboxylic acids is 1. The topological polar surface area (TPSA) is 63.1 Å². The van der Waals surface area contributed by atoms with Crippen molar-refractivity contribution in [2.24, 2.45) is 0 Å². The Morgan fingerprint density at radius 3 is 2.90 bits per heavy atom. The van der Waals surface area contributed by atoms with Gasteiger partial charge in [-0.05, 0) is 43.4 Å². The summed E-state index contributed by atoms with van der Waals surface area (Å²) < 4.78 is 0. The van der Waals surface area contributed by atoms with Crippen molar-refractivity contribution in [3.8, 4) is 11.3 Å². The molecule has 4 heteroatoms. The van der Waals surface area contributed by atoms with Crippen LogP contribution in [0.3, 0.4) is 0 Å². The van der Waals surface area contributed by atoms with Crippen molar-refractivity contribution in [3.05, 3.63) is 46.9 Å². The van der Waals surface area contributed by atoms with Crippen molar-refractivity contribution in [2.75, 3.05) is 0 Å². The third kappa shape index (κ3) is 2.41. The maximum absolute atomic E-state index is 11.0. The van der Waals surface area contributed by atoms with Crippen LogP contribution in [-0.4, -0.2) is 21.0 Å². The van der Waals surface area contributed by atoms with Crippen molar-refractivity contribution in [1.82, 2.24) is 9.97 Å². The molecule has 0 spiro atoms. The molecule has 3 rings (SSSR count). The molecule has 1 aliphatic carbocycles. The number of nitrogens with zero attached hydrogens (tertiary/aromatic N) is 2. The molecule has 2 aromatic rings. The fourth-order valence-corrected chi connectivity index (χ4v) is 2.76. The maximum Gasteiger partial charge on any atom is 0.307 e. The minimum Gasteiger partial charge on any atom is -0.481 e. The number of hydrogen-bond acceptors (Lipinski definition) is 3. The summed E-state index contributed by atoms with van der Waals surface area (Å²) in [5.41, 5.74) is 5.17. The van der Waals surface area contributed by atoms with Crippen molar-refractivity contribution >= 4 is 5.97 Å². The number of benzene rings is 1. The first-order valence-corrected chi connectivity index (χ1v) is 6.80. The first-order chi connectivity index (χ1) is 9.63. The average molecular weight is 268 g/mol. The minimum atomic E-state index is -0.861. The monoisotopic (exact) mass is 268 g/mol. The number of fused-ring (bicyclic) bond motifs is 1. The highest BCUT2D eigenvalue weighted by atomic mass is 16.4. The molecule has 0 amide bonds. The van der Waals surface area contributed by atoms with Crippen molar-refractivity contribution in [3.63, 3.8) is 0 Å². The SMILES string of the molecule is Cc1ncc(CC(=O)O)c(-c2ccc3c(c2)CCC3)n1. The first kappa shape index (κ1) is 12.8. The Balaban J connectivity index is 2.08. The van der Waals surface area contributed by atoms with Gasteiger partial charge in [-0.3, -0.25) is 4.79 Å². The summed E-state index contributed by atoms with van der Waals surface area (Å²) in [6.07, 6.45) is 5.01. The van der Waals surface area contributed by atoms with Crippen LogP contribution in [0.25, 0.3) is 11.3 Å². The molecule has 1 N–H and O–H groups in total. The molecule has 20 heavy (non-hydrogen) atoms. The van der Waals surface area contributed by atoms with E-state index in [0.717, 1.165) is 24.1 Å². The van der Waals surface area contributed by atoms with Gasteiger partial charge in [-0.1, -0.05) is 12.1 Å². The molecular formula is C16H16N2O2. The van der Waals surface area contributed by atoms with Crippen LogP contribution in [0.5, 0.6) is 0 Å². The molecule has 0 saturated heterocycles. The summed E-state index contributed by atoms with van der Waals surface area (Å²) in [5, 5.41) is 9.01. The average Bonchev–Trinajstić information content (AvgIpc) is 2.87. The lowest BCUT2D eigenvalue weighted by molar-refractivity contribution is -0.136. The van der Waals surface area contributed by atoms with Crippen molar-refractivity contribution in [1.29, 1.82) is 0 Å². The highest BCUT2D eigenvalue weighted by Crippen LogP contribution is 2.29. The molecule has 1 heterocycles. The number of aliphatic carboxylic acids is 1. The summed E-state index contributed by atoms with van der Waals surface area (Å²) >= 11 is 0. The van der Waals surface area contributed by atoms with Gasteiger partial charge < -0.3 is 5.11 Å². The Bertz CT molecular complexity index is 680. The molecule has 1 aromatic heterocycles. The van der Waals surface area contributed by atoms with Crippen LogP contribution in [0.4, 0.5) is 0 Å². The van der Waals surface area contributed by atoms with E-state index in [-0.39, 0.29) is 6.42 Å². The third-order valence-electron chi connectivity index (χ3n) is 3.70. The van der Waals surface area contributed by atoms with Gasteiger partial charge in [0.1, 0.15) is 5.82 Å². The molecular weight excluding hydrogens is 252 g/mol. The van der Waals surface area contributed by atoms with Gasteiger partial charge in [-0.15, -0.1) is 0 Å². The van der Waals surface area contributed by atoms with E-state index < -0.39 is 5.97 Å². The van der Waals surface area contributed by atoms with E-state index in [2.05, 4.69) is 22.1 Å².